The molecule has 104 valence electrons. The van der Waals surface area contributed by atoms with Crippen molar-refractivity contribution in [3.8, 4) is 0 Å². The van der Waals surface area contributed by atoms with Crippen LogP contribution in [0.1, 0.15) is 27.2 Å². The molecule has 1 aromatic heterocycles. The van der Waals surface area contributed by atoms with Gasteiger partial charge in [0.05, 0.1) is 6.04 Å². The van der Waals surface area contributed by atoms with Crippen LogP contribution in [0.2, 0.25) is 0 Å². The summed E-state index contributed by atoms with van der Waals surface area (Å²) in [4.78, 5) is 22.1. The molecule has 0 saturated carbocycles. The quantitative estimate of drug-likeness (QED) is 0.878. The second-order valence-electron chi connectivity index (χ2n) is 5.63. The van der Waals surface area contributed by atoms with Crippen LogP contribution < -0.4 is 10.2 Å². The van der Waals surface area contributed by atoms with Gasteiger partial charge >= 0.3 is 6.09 Å². The van der Waals surface area contributed by atoms with Gasteiger partial charge in [-0.25, -0.2) is 14.8 Å². The first-order valence-corrected chi connectivity index (χ1v) is 6.45. The molecule has 0 spiro atoms. The standard InChI is InChI=1S/C13H20N4O2/c1-13(2,3)19-12(18)16-10-5-8-17(9-10)11-14-6-4-7-15-11/h4,6-7,10H,5,8-9H2,1-3H3,(H,16,18)/t10-/m0/s1. The lowest BCUT2D eigenvalue weighted by Gasteiger charge is -2.22. The van der Waals surface area contributed by atoms with E-state index >= 15 is 0 Å². The summed E-state index contributed by atoms with van der Waals surface area (Å²) >= 11 is 0. The van der Waals surface area contributed by atoms with Gasteiger partial charge in [-0.2, -0.15) is 0 Å². The molecule has 1 aliphatic rings. The van der Waals surface area contributed by atoms with Crippen LogP contribution in [-0.4, -0.2) is 40.8 Å². The first kappa shape index (κ1) is 13.6. The Morgan fingerprint density at radius 1 is 1.42 bits per heavy atom. The first-order chi connectivity index (χ1) is 8.94. The molecular weight excluding hydrogens is 244 g/mol. The van der Waals surface area contributed by atoms with Gasteiger partial charge in [-0.1, -0.05) is 0 Å². The summed E-state index contributed by atoms with van der Waals surface area (Å²) in [7, 11) is 0. The van der Waals surface area contributed by atoms with Crippen LogP contribution in [0.3, 0.4) is 0 Å². The highest BCUT2D eigenvalue weighted by Crippen LogP contribution is 2.15. The van der Waals surface area contributed by atoms with Crippen molar-refractivity contribution in [3.63, 3.8) is 0 Å². The Kier molecular flexibility index (Phi) is 3.87. The summed E-state index contributed by atoms with van der Waals surface area (Å²) in [6, 6.07) is 1.87. The Morgan fingerprint density at radius 3 is 2.74 bits per heavy atom. The topological polar surface area (TPSA) is 67.3 Å². The lowest BCUT2D eigenvalue weighted by molar-refractivity contribution is 0.0509. The van der Waals surface area contributed by atoms with E-state index in [1.807, 2.05) is 20.8 Å². The maximum atomic E-state index is 11.7. The largest absolute Gasteiger partial charge is 0.444 e. The maximum absolute atomic E-state index is 11.7. The van der Waals surface area contributed by atoms with Crippen LogP contribution in [0.4, 0.5) is 10.7 Å². The second kappa shape index (κ2) is 5.42. The Bertz CT molecular complexity index is 430. The number of nitrogens with one attached hydrogen (secondary N) is 1. The molecule has 0 bridgehead atoms. The van der Waals surface area contributed by atoms with E-state index in [0.29, 0.717) is 12.5 Å². The maximum Gasteiger partial charge on any atom is 0.407 e. The zero-order chi connectivity index (χ0) is 13.9. The van der Waals surface area contributed by atoms with E-state index < -0.39 is 5.60 Å². The summed E-state index contributed by atoms with van der Waals surface area (Å²) in [5, 5.41) is 2.88. The number of alkyl carbamates (subject to hydrolysis) is 1. The third kappa shape index (κ3) is 4.08. The van der Waals surface area contributed by atoms with Crippen LogP contribution >= 0.6 is 0 Å². The molecule has 6 nitrogen and oxygen atoms in total. The van der Waals surface area contributed by atoms with Gasteiger partial charge in [0.25, 0.3) is 0 Å². The third-order valence-corrected chi connectivity index (χ3v) is 2.74. The summed E-state index contributed by atoms with van der Waals surface area (Å²) in [5.74, 6) is 0.705. The minimum Gasteiger partial charge on any atom is -0.444 e. The average molecular weight is 264 g/mol. The molecule has 2 heterocycles. The van der Waals surface area contributed by atoms with Crippen molar-refractivity contribution in [1.29, 1.82) is 0 Å². The average Bonchev–Trinajstić information content (AvgIpc) is 2.76. The van der Waals surface area contributed by atoms with Gasteiger partial charge in [-0.3, -0.25) is 0 Å². The number of ether oxygens (including phenoxy) is 1. The molecule has 0 aliphatic carbocycles. The number of anilines is 1. The van der Waals surface area contributed by atoms with Gasteiger partial charge in [0.15, 0.2) is 0 Å². The number of carbonyl (C=O) groups excluding carboxylic acids is 1. The normalized spacial score (nSPS) is 19.3. The molecule has 1 N–H and O–H groups in total. The predicted molar refractivity (Wildman–Crippen MR) is 72.0 cm³/mol. The number of rotatable bonds is 2. The Balaban J connectivity index is 1.84. The highest BCUT2D eigenvalue weighted by atomic mass is 16.6. The first-order valence-electron chi connectivity index (χ1n) is 6.45. The molecule has 1 saturated heterocycles. The SMILES string of the molecule is CC(C)(C)OC(=O)N[C@H]1CCN(c2ncccn2)C1. The van der Waals surface area contributed by atoms with Crippen molar-refractivity contribution in [2.24, 2.45) is 0 Å². The number of hydrogen-bond acceptors (Lipinski definition) is 5. The molecular formula is C13H20N4O2. The summed E-state index contributed by atoms with van der Waals surface area (Å²) in [5.41, 5.74) is -0.467. The smallest absolute Gasteiger partial charge is 0.407 e. The van der Waals surface area contributed by atoms with Crippen molar-refractivity contribution >= 4 is 12.0 Å². The van der Waals surface area contributed by atoms with Gasteiger partial charge < -0.3 is 15.0 Å². The van der Waals surface area contributed by atoms with Crippen molar-refractivity contribution in [2.75, 3.05) is 18.0 Å². The summed E-state index contributed by atoms with van der Waals surface area (Å²) in [6.45, 7) is 7.11. The van der Waals surface area contributed by atoms with Gasteiger partial charge in [-0.05, 0) is 33.3 Å². The van der Waals surface area contributed by atoms with Gasteiger partial charge in [-0.15, -0.1) is 0 Å². The second-order valence-corrected chi connectivity index (χ2v) is 5.63. The van der Waals surface area contributed by atoms with Crippen LogP contribution in [-0.2, 0) is 4.74 Å². The zero-order valence-electron chi connectivity index (χ0n) is 11.6. The molecule has 1 amide bonds. The molecule has 1 aliphatic heterocycles. The molecule has 2 rings (SSSR count). The third-order valence-electron chi connectivity index (χ3n) is 2.74. The van der Waals surface area contributed by atoms with Gasteiger partial charge in [0, 0.05) is 25.5 Å². The highest BCUT2D eigenvalue weighted by Gasteiger charge is 2.27. The highest BCUT2D eigenvalue weighted by molar-refractivity contribution is 5.68. The minimum absolute atomic E-state index is 0.0821. The Hall–Kier alpha value is -1.85. The van der Waals surface area contributed by atoms with Gasteiger partial charge in [0.2, 0.25) is 5.95 Å². The van der Waals surface area contributed by atoms with Crippen LogP contribution in [0.15, 0.2) is 18.5 Å². The number of carbonyl (C=O) groups is 1. The van der Waals surface area contributed by atoms with E-state index in [1.165, 1.54) is 0 Å². The van der Waals surface area contributed by atoms with E-state index in [2.05, 4.69) is 20.2 Å². The fraction of sp³-hybridized carbons (Fsp3) is 0.615. The van der Waals surface area contributed by atoms with Crippen molar-refractivity contribution in [3.05, 3.63) is 18.5 Å². The summed E-state index contributed by atoms with van der Waals surface area (Å²) < 4.78 is 5.24. The fourth-order valence-corrected chi connectivity index (χ4v) is 1.99. The van der Waals surface area contributed by atoms with Crippen molar-refractivity contribution in [2.45, 2.75) is 38.8 Å². The lowest BCUT2D eigenvalue weighted by atomic mass is 10.2. The molecule has 0 aromatic carbocycles. The predicted octanol–water partition coefficient (Wildman–Crippen LogP) is 1.58. The van der Waals surface area contributed by atoms with E-state index in [9.17, 15) is 4.79 Å². The molecule has 19 heavy (non-hydrogen) atoms. The monoisotopic (exact) mass is 264 g/mol. The molecule has 0 unspecified atom stereocenters. The number of amides is 1. The van der Waals surface area contributed by atoms with Gasteiger partial charge in [0.1, 0.15) is 5.60 Å². The zero-order valence-corrected chi connectivity index (χ0v) is 11.6. The molecule has 1 fully saturated rings. The Labute approximate surface area is 113 Å². The summed E-state index contributed by atoms with van der Waals surface area (Å²) in [6.07, 6.45) is 3.94. The van der Waals surface area contributed by atoms with Crippen molar-refractivity contribution in [1.82, 2.24) is 15.3 Å². The van der Waals surface area contributed by atoms with E-state index in [4.69, 9.17) is 4.74 Å². The molecule has 1 atom stereocenters. The molecule has 6 heteroatoms. The van der Waals surface area contributed by atoms with Crippen molar-refractivity contribution < 1.29 is 9.53 Å². The number of aromatic nitrogens is 2. The number of nitrogens with zero attached hydrogens (tertiary/aromatic N) is 3. The lowest BCUT2D eigenvalue weighted by Crippen LogP contribution is -2.40. The van der Waals surface area contributed by atoms with E-state index in [-0.39, 0.29) is 12.1 Å². The number of hydrogen-bond donors (Lipinski definition) is 1. The van der Waals surface area contributed by atoms with Crippen LogP contribution in [0, 0.1) is 0 Å². The fourth-order valence-electron chi connectivity index (χ4n) is 1.99. The molecule has 1 aromatic rings. The molecule has 0 radical (unpaired) electrons. The van der Waals surface area contributed by atoms with Crippen LogP contribution in [0.5, 0.6) is 0 Å². The van der Waals surface area contributed by atoms with Crippen LogP contribution in [0.25, 0.3) is 0 Å². The van der Waals surface area contributed by atoms with E-state index in [0.717, 1.165) is 13.0 Å². The minimum atomic E-state index is -0.467. The Morgan fingerprint density at radius 2 is 2.11 bits per heavy atom. The van der Waals surface area contributed by atoms with E-state index in [1.54, 1.807) is 18.5 Å².